The minimum Gasteiger partial charge on any atom is -0.336 e. The second-order valence-electron chi connectivity index (χ2n) is 4.31. The van der Waals surface area contributed by atoms with Gasteiger partial charge in [-0.05, 0) is 38.0 Å². The van der Waals surface area contributed by atoms with E-state index in [2.05, 4.69) is 10.6 Å². The average Bonchev–Trinajstić information content (AvgIpc) is 2.28. The molecule has 0 saturated heterocycles. The molecule has 0 fully saturated rings. The lowest BCUT2D eigenvalue weighted by molar-refractivity contribution is 0.234. The zero-order valence-electron chi connectivity index (χ0n) is 10.8. The molecule has 5 heteroatoms. The average molecular weight is 289 g/mol. The smallest absolute Gasteiger partial charge is 0.315 e. The van der Waals surface area contributed by atoms with E-state index in [1.165, 1.54) is 0 Å². The van der Waals surface area contributed by atoms with Gasteiger partial charge >= 0.3 is 6.03 Å². The second-order valence-corrected chi connectivity index (χ2v) is 5.16. The highest BCUT2D eigenvalue weighted by atomic mass is 35.5. The van der Waals surface area contributed by atoms with Crippen LogP contribution in [0.5, 0.6) is 0 Å². The van der Waals surface area contributed by atoms with Crippen molar-refractivity contribution in [2.75, 3.05) is 0 Å². The van der Waals surface area contributed by atoms with Crippen molar-refractivity contribution in [1.82, 2.24) is 10.6 Å². The zero-order chi connectivity index (χ0) is 13.7. The van der Waals surface area contributed by atoms with Gasteiger partial charge in [0.1, 0.15) is 0 Å². The van der Waals surface area contributed by atoms with Crippen LogP contribution in [0.3, 0.4) is 0 Å². The summed E-state index contributed by atoms with van der Waals surface area (Å²) >= 11 is 11.9. The van der Waals surface area contributed by atoms with Crippen LogP contribution >= 0.6 is 23.2 Å². The molecule has 0 aliphatic heterocycles. The Labute approximate surface area is 118 Å². The Morgan fingerprint density at radius 2 is 1.94 bits per heavy atom. The van der Waals surface area contributed by atoms with Crippen LogP contribution in [0.15, 0.2) is 18.2 Å². The van der Waals surface area contributed by atoms with Crippen molar-refractivity contribution in [3.8, 4) is 0 Å². The lowest BCUT2D eigenvalue weighted by Gasteiger charge is -2.18. The van der Waals surface area contributed by atoms with Crippen LogP contribution in [0.4, 0.5) is 4.79 Å². The lowest BCUT2D eigenvalue weighted by atomic mass is 10.1. The molecule has 0 aliphatic rings. The highest BCUT2D eigenvalue weighted by molar-refractivity contribution is 6.35. The van der Waals surface area contributed by atoms with E-state index in [1.807, 2.05) is 26.8 Å². The third-order valence-electron chi connectivity index (χ3n) is 2.77. The summed E-state index contributed by atoms with van der Waals surface area (Å²) in [6, 6.07) is 5.04. The standard InChI is InChI=1S/C13H18Cl2N2O/c1-4-8(2)16-13(18)17-9(3)11-6-5-10(14)7-12(11)15/h5-9H,4H2,1-3H3,(H2,16,17,18)/t8-,9+/m1/s1. The predicted octanol–water partition coefficient (Wildman–Crippen LogP) is 4.15. The van der Waals surface area contributed by atoms with E-state index < -0.39 is 0 Å². The van der Waals surface area contributed by atoms with Gasteiger partial charge in [-0.2, -0.15) is 0 Å². The predicted molar refractivity (Wildman–Crippen MR) is 76.3 cm³/mol. The minimum atomic E-state index is -0.192. The number of hydrogen-bond acceptors (Lipinski definition) is 1. The summed E-state index contributed by atoms with van der Waals surface area (Å²) in [6.07, 6.45) is 0.892. The Balaban J connectivity index is 2.64. The number of nitrogens with one attached hydrogen (secondary N) is 2. The summed E-state index contributed by atoms with van der Waals surface area (Å²) in [5, 5.41) is 6.82. The highest BCUT2D eigenvalue weighted by Gasteiger charge is 2.13. The third-order valence-corrected chi connectivity index (χ3v) is 3.33. The van der Waals surface area contributed by atoms with Crippen molar-refractivity contribution in [3.05, 3.63) is 33.8 Å². The van der Waals surface area contributed by atoms with Gasteiger partial charge < -0.3 is 10.6 Å². The number of carbonyl (C=O) groups excluding carboxylic acids is 1. The summed E-state index contributed by atoms with van der Waals surface area (Å²) in [5.41, 5.74) is 0.848. The first kappa shape index (κ1) is 15.1. The van der Waals surface area contributed by atoms with Crippen LogP contribution in [0.1, 0.15) is 38.8 Å². The quantitative estimate of drug-likeness (QED) is 0.858. The van der Waals surface area contributed by atoms with Gasteiger partial charge in [-0.1, -0.05) is 36.2 Å². The number of hydrogen-bond donors (Lipinski definition) is 2. The highest BCUT2D eigenvalue weighted by Crippen LogP contribution is 2.25. The van der Waals surface area contributed by atoms with E-state index in [9.17, 15) is 4.79 Å². The molecule has 2 N–H and O–H groups in total. The molecule has 2 atom stereocenters. The summed E-state index contributed by atoms with van der Waals surface area (Å²) in [5.74, 6) is 0. The first-order valence-electron chi connectivity index (χ1n) is 5.96. The van der Waals surface area contributed by atoms with Crippen molar-refractivity contribution >= 4 is 29.2 Å². The molecular formula is C13H18Cl2N2O. The number of amides is 2. The number of urea groups is 1. The molecule has 0 aliphatic carbocycles. The molecule has 0 aromatic heterocycles. The first-order chi connectivity index (χ1) is 8.43. The number of rotatable bonds is 4. The summed E-state index contributed by atoms with van der Waals surface area (Å²) in [7, 11) is 0. The lowest BCUT2D eigenvalue weighted by Crippen LogP contribution is -2.41. The first-order valence-corrected chi connectivity index (χ1v) is 6.71. The van der Waals surface area contributed by atoms with Crippen molar-refractivity contribution in [3.63, 3.8) is 0 Å². The van der Waals surface area contributed by atoms with Crippen LogP contribution < -0.4 is 10.6 Å². The molecule has 18 heavy (non-hydrogen) atoms. The Bertz CT molecular complexity index is 423. The molecule has 0 spiro atoms. The van der Waals surface area contributed by atoms with Gasteiger partial charge in [0.05, 0.1) is 6.04 Å². The molecule has 0 radical (unpaired) electrons. The fourth-order valence-electron chi connectivity index (χ4n) is 1.49. The van der Waals surface area contributed by atoms with E-state index in [1.54, 1.807) is 12.1 Å². The number of benzene rings is 1. The number of carbonyl (C=O) groups is 1. The van der Waals surface area contributed by atoms with E-state index >= 15 is 0 Å². The van der Waals surface area contributed by atoms with Gasteiger partial charge in [-0.3, -0.25) is 0 Å². The summed E-state index contributed by atoms with van der Waals surface area (Å²) in [6.45, 7) is 5.86. The van der Waals surface area contributed by atoms with Crippen molar-refractivity contribution in [2.45, 2.75) is 39.3 Å². The van der Waals surface area contributed by atoms with Gasteiger partial charge in [-0.15, -0.1) is 0 Å². The summed E-state index contributed by atoms with van der Waals surface area (Å²) in [4.78, 5) is 11.7. The minimum absolute atomic E-state index is 0.151. The molecule has 3 nitrogen and oxygen atoms in total. The van der Waals surface area contributed by atoms with E-state index in [-0.39, 0.29) is 18.1 Å². The maximum Gasteiger partial charge on any atom is 0.315 e. The molecule has 0 saturated carbocycles. The van der Waals surface area contributed by atoms with Crippen LogP contribution in [0.2, 0.25) is 10.0 Å². The fourth-order valence-corrected chi connectivity index (χ4v) is 2.07. The van der Waals surface area contributed by atoms with Crippen molar-refractivity contribution < 1.29 is 4.79 Å². The zero-order valence-corrected chi connectivity index (χ0v) is 12.3. The Kier molecular flexibility index (Phi) is 5.76. The van der Waals surface area contributed by atoms with Gasteiger partial charge in [0, 0.05) is 16.1 Å². The normalized spacial score (nSPS) is 13.8. The molecular weight excluding hydrogens is 271 g/mol. The monoisotopic (exact) mass is 288 g/mol. The van der Waals surface area contributed by atoms with Crippen molar-refractivity contribution in [2.24, 2.45) is 0 Å². The van der Waals surface area contributed by atoms with Crippen LogP contribution in [-0.4, -0.2) is 12.1 Å². The summed E-state index contributed by atoms with van der Waals surface area (Å²) < 4.78 is 0. The third kappa shape index (κ3) is 4.39. The fraction of sp³-hybridized carbons (Fsp3) is 0.462. The molecule has 0 unspecified atom stereocenters. The molecule has 1 rings (SSSR count). The van der Waals surface area contributed by atoms with E-state index in [4.69, 9.17) is 23.2 Å². The molecule has 1 aromatic rings. The van der Waals surface area contributed by atoms with Gasteiger partial charge in [0.2, 0.25) is 0 Å². The van der Waals surface area contributed by atoms with E-state index in [0.717, 1.165) is 12.0 Å². The molecule has 0 heterocycles. The second kappa shape index (κ2) is 6.86. The maximum absolute atomic E-state index is 11.7. The Hall–Kier alpha value is -0.930. The Morgan fingerprint density at radius 1 is 1.28 bits per heavy atom. The van der Waals surface area contributed by atoms with Crippen molar-refractivity contribution in [1.29, 1.82) is 0 Å². The maximum atomic E-state index is 11.7. The van der Waals surface area contributed by atoms with Crippen LogP contribution in [0.25, 0.3) is 0 Å². The van der Waals surface area contributed by atoms with Gasteiger partial charge in [-0.25, -0.2) is 4.79 Å². The van der Waals surface area contributed by atoms with E-state index in [0.29, 0.717) is 10.0 Å². The van der Waals surface area contributed by atoms with Crippen LogP contribution in [0, 0.1) is 0 Å². The van der Waals surface area contributed by atoms with Gasteiger partial charge in [0.25, 0.3) is 0 Å². The molecule has 100 valence electrons. The topological polar surface area (TPSA) is 41.1 Å². The molecule has 1 aromatic carbocycles. The molecule has 2 amide bonds. The molecule has 0 bridgehead atoms. The Morgan fingerprint density at radius 3 is 2.50 bits per heavy atom. The number of halogens is 2. The van der Waals surface area contributed by atoms with Crippen LogP contribution in [-0.2, 0) is 0 Å². The largest absolute Gasteiger partial charge is 0.336 e. The van der Waals surface area contributed by atoms with Gasteiger partial charge in [0.15, 0.2) is 0 Å². The SMILES string of the molecule is CC[C@@H](C)NC(=O)N[C@@H](C)c1ccc(Cl)cc1Cl.